The summed E-state index contributed by atoms with van der Waals surface area (Å²) in [7, 11) is 4.10. The molecule has 0 aliphatic carbocycles. The Morgan fingerprint density at radius 1 is 1.44 bits per heavy atom. The Kier molecular flexibility index (Phi) is 4.90. The van der Waals surface area contributed by atoms with Crippen LogP contribution in [0.25, 0.3) is 0 Å². The Labute approximate surface area is 109 Å². The molecule has 0 atom stereocenters. The molecule has 1 rings (SSSR count). The summed E-state index contributed by atoms with van der Waals surface area (Å²) >= 11 is 0. The van der Waals surface area contributed by atoms with E-state index in [1.54, 1.807) is 17.0 Å². The van der Waals surface area contributed by atoms with Crippen molar-refractivity contribution in [1.29, 1.82) is 0 Å². The molecule has 5 heteroatoms. The molecule has 0 fully saturated rings. The van der Waals surface area contributed by atoms with Crippen LogP contribution in [0.15, 0.2) is 17.2 Å². The van der Waals surface area contributed by atoms with E-state index in [0.29, 0.717) is 12.4 Å². The number of anilines is 1. The maximum atomic E-state index is 12.0. The average molecular weight is 252 g/mol. The molecule has 0 bridgehead atoms. The average Bonchev–Trinajstić information content (AvgIpc) is 2.26. The molecule has 0 radical (unpaired) electrons. The van der Waals surface area contributed by atoms with Gasteiger partial charge in [0.2, 0.25) is 0 Å². The maximum absolute atomic E-state index is 12.0. The van der Waals surface area contributed by atoms with E-state index in [0.717, 1.165) is 13.1 Å². The predicted octanol–water partition coefficient (Wildman–Crippen LogP) is 1.26. The van der Waals surface area contributed by atoms with Crippen LogP contribution in [0.2, 0.25) is 0 Å². The molecule has 18 heavy (non-hydrogen) atoms. The Morgan fingerprint density at radius 2 is 2.11 bits per heavy atom. The maximum Gasteiger partial charge on any atom is 0.293 e. The van der Waals surface area contributed by atoms with Crippen LogP contribution in [0.5, 0.6) is 0 Å². The number of aromatic nitrogens is 2. The highest BCUT2D eigenvalue weighted by Gasteiger charge is 2.19. The zero-order valence-electron chi connectivity index (χ0n) is 12.0. The number of nitrogens with zero attached hydrogens (tertiary/aromatic N) is 3. The molecule has 0 unspecified atom stereocenters. The van der Waals surface area contributed by atoms with Crippen LogP contribution in [0, 0.1) is 5.41 Å². The minimum absolute atomic E-state index is 0.0550. The van der Waals surface area contributed by atoms with Gasteiger partial charge in [-0.3, -0.25) is 4.79 Å². The Hall–Kier alpha value is -1.36. The molecule has 0 spiro atoms. The molecular weight excluding hydrogens is 228 g/mol. The lowest BCUT2D eigenvalue weighted by Gasteiger charge is -2.28. The summed E-state index contributed by atoms with van der Waals surface area (Å²) in [6.07, 6.45) is 3.37. The first-order chi connectivity index (χ1) is 8.35. The summed E-state index contributed by atoms with van der Waals surface area (Å²) in [5, 5.41) is 3.16. The first kappa shape index (κ1) is 14.7. The van der Waals surface area contributed by atoms with Gasteiger partial charge in [-0.25, -0.2) is 4.98 Å². The first-order valence-corrected chi connectivity index (χ1v) is 6.30. The smallest absolute Gasteiger partial charge is 0.293 e. The van der Waals surface area contributed by atoms with Gasteiger partial charge >= 0.3 is 0 Å². The monoisotopic (exact) mass is 252 g/mol. The molecule has 0 saturated heterocycles. The van der Waals surface area contributed by atoms with Crippen LogP contribution >= 0.6 is 0 Å². The third-order valence-electron chi connectivity index (χ3n) is 2.73. The van der Waals surface area contributed by atoms with Crippen LogP contribution in [0.1, 0.15) is 20.8 Å². The highest BCUT2D eigenvalue weighted by atomic mass is 16.1. The van der Waals surface area contributed by atoms with Crippen molar-refractivity contribution in [2.24, 2.45) is 5.41 Å². The lowest BCUT2D eigenvalue weighted by atomic mass is 9.93. The standard InChI is InChI=1S/C13H24N4O/c1-6-17-8-7-14-11(12(17)18)15-9-13(2,3)10-16(4)5/h7-8H,6,9-10H2,1-5H3,(H,14,15). The Balaban J connectivity index is 2.72. The summed E-state index contributed by atoms with van der Waals surface area (Å²) in [5.74, 6) is 0.436. The fourth-order valence-electron chi connectivity index (χ4n) is 2.05. The summed E-state index contributed by atoms with van der Waals surface area (Å²) in [4.78, 5) is 18.2. The van der Waals surface area contributed by atoms with Crippen LogP contribution in [0.4, 0.5) is 5.82 Å². The zero-order valence-corrected chi connectivity index (χ0v) is 12.0. The van der Waals surface area contributed by atoms with Crippen molar-refractivity contribution >= 4 is 5.82 Å². The van der Waals surface area contributed by atoms with Crippen LogP contribution in [-0.2, 0) is 6.54 Å². The number of hydrogen-bond donors (Lipinski definition) is 1. The molecule has 0 amide bonds. The van der Waals surface area contributed by atoms with Gasteiger partial charge in [-0.1, -0.05) is 13.8 Å². The van der Waals surface area contributed by atoms with Crippen molar-refractivity contribution < 1.29 is 0 Å². The lowest BCUT2D eigenvalue weighted by Crippen LogP contribution is -2.36. The van der Waals surface area contributed by atoms with Gasteiger partial charge in [0.1, 0.15) is 0 Å². The topological polar surface area (TPSA) is 50.2 Å². The van der Waals surface area contributed by atoms with Gasteiger partial charge in [-0.2, -0.15) is 0 Å². The van der Waals surface area contributed by atoms with E-state index in [2.05, 4.69) is 29.0 Å². The van der Waals surface area contributed by atoms with Gasteiger partial charge in [0.15, 0.2) is 5.82 Å². The molecule has 1 heterocycles. The van der Waals surface area contributed by atoms with Crippen molar-refractivity contribution in [2.75, 3.05) is 32.5 Å². The van der Waals surface area contributed by atoms with E-state index in [-0.39, 0.29) is 11.0 Å². The van der Waals surface area contributed by atoms with Crippen molar-refractivity contribution in [3.8, 4) is 0 Å². The Morgan fingerprint density at radius 3 is 2.67 bits per heavy atom. The normalized spacial score (nSPS) is 11.9. The van der Waals surface area contributed by atoms with Crippen LogP contribution in [-0.4, -0.2) is 41.6 Å². The van der Waals surface area contributed by atoms with Gasteiger partial charge < -0.3 is 14.8 Å². The third-order valence-corrected chi connectivity index (χ3v) is 2.73. The molecule has 1 aromatic rings. The molecule has 5 nitrogen and oxygen atoms in total. The Bertz CT molecular complexity index is 437. The van der Waals surface area contributed by atoms with E-state index >= 15 is 0 Å². The van der Waals surface area contributed by atoms with Crippen molar-refractivity contribution in [3.63, 3.8) is 0 Å². The minimum Gasteiger partial charge on any atom is -0.365 e. The van der Waals surface area contributed by atoms with E-state index in [9.17, 15) is 4.79 Å². The molecular formula is C13H24N4O. The van der Waals surface area contributed by atoms with Crippen LogP contribution in [0.3, 0.4) is 0 Å². The SMILES string of the molecule is CCn1ccnc(NCC(C)(C)CN(C)C)c1=O. The molecule has 0 saturated carbocycles. The van der Waals surface area contributed by atoms with Crippen molar-refractivity contribution in [3.05, 3.63) is 22.7 Å². The van der Waals surface area contributed by atoms with E-state index < -0.39 is 0 Å². The highest BCUT2D eigenvalue weighted by molar-refractivity contribution is 5.31. The fraction of sp³-hybridized carbons (Fsp3) is 0.692. The molecule has 1 N–H and O–H groups in total. The first-order valence-electron chi connectivity index (χ1n) is 6.30. The molecule has 0 aliphatic rings. The summed E-state index contributed by atoms with van der Waals surface area (Å²) in [6.45, 7) is 8.62. The van der Waals surface area contributed by atoms with Gasteiger partial charge in [-0.15, -0.1) is 0 Å². The summed E-state index contributed by atoms with van der Waals surface area (Å²) in [5.41, 5.74) is 0.0329. The second-order valence-electron chi connectivity index (χ2n) is 5.62. The van der Waals surface area contributed by atoms with Gasteiger partial charge in [0.05, 0.1) is 0 Å². The fourth-order valence-corrected chi connectivity index (χ4v) is 2.05. The number of aryl methyl sites for hydroxylation is 1. The van der Waals surface area contributed by atoms with Gasteiger partial charge in [-0.05, 0) is 26.4 Å². The number of rotatable bonds is 6. The van der Waals surface area contributed by atoms with E-state index in [1.165, 1.54) is 0 Å². The number of nitrogens with one attached hydrogen (secondary N) is 1. The summed E-state index contributed by atoms with van der Waals surface area (Å²) in [6, 6.07) is 0. The quantitative estimate of drug-likeness (QED) is 0.828. The molecule has 0 aliphatic heterocycles. The molecule has 1 aromatic heterocycles. The lowest BCUT2D eigenvalue weighted by molar-refractivity contribution is 0.254. The highest BCUT2D eigenvalue weighted by Crippen LogP contribution is 2.15. The third kappa shape index (κ3) is 4.14. The molecule has 102 valence electrons. The summed E-state index contributed by atoms with van der Waals surface area (Å²) < 4.78 is 1.65. The number of hydrogen-bond acceptors (Lipinski definition) is 4. The van der Waals surface area contributed by atoms with Crippen molar-refractivity contribution in [1.82, 2.24) is 14.5 Å². The largest absolute Gasteiger partial charge is 0.365 e. The van der Waals surface area contributed by atoms with Gasteiger partial charge in [0, 0.05) is 32.0 Å². The van der Waals surface area contributed by atoms with Crippen molar-refractivity contribution in [2.45, 2.75) is 27.3 Å². The second-order valence-corrected chi connectivity index (χ2v) is 5.62. The van der Waals surface area contributed by atoms with Gasteiger partial charge in [0.25, 0.3) is 5.56 Å². The predicted molar refractivity (Wildman–Crippen MR) is 75.0 cm³/mol. The van der Waals surface area contributed by atoms with E-state index in [4.69, 9.17) is 0 Å². The molecule has 0 aromatic carbocycles. The van der Waals surface area contributed by atoms with Crippen LogP contribution < -0.4 is 10.9 Å². The second kappa shape index (κ2) is 6.00. The minimum atomic E-state index is -0.0550. The zero-order chi connectivity index (χ0) is 13.8. The van der Waals surface area contributed by atoms with E-state index in [1.807, 2.05) is 21.0 Å².